The molecule has 1 aromatic rings. The van der Waals surface area contributed by atoms with E-state index in [-0.39, 0.29) is 7.92 Å². The van der Waals surface area contributed by atoms with Gasteiger partial charge in [-0.3, -0.25) is 0 Å². The highest BCUT2D eigenvalue weighted by molar-refractivity contribution is 7.71. The van der Waals surface area contributed by atoms with E-state index in [0.29, 0.717) is 5.16 Å². The lowest BCUT2D eigenvalue weighted by molar-refractivity contribution is 0.783. The van der Waals surface area contributed by atoms with Gasteiger partial charge < -0.3 is 4.57 Å². The molecule has 0 bridgehead atoms. The van der Waals surface area contributed by atoms with Crippen molar-refractivity contribution in [3.8, 4) is 0 Å². The maximum Gasteiger partial charge on any atom is 0.147 e. The van der Waals surface area contributed by atoms with E-state index in [1.807, 2.05) is 0 Å². The number of aryl methyl sites for hydroxylation is 1. The number of hydrogen-bond acceptors (Lipinski definition) is 1. The first-order chi connectivity index (χ1) is 9.74. The summed E-state index contributed by atoms with van der Waals surface area (Å²) >= 11 is 0. The zero-order valence-corrected chi connectivity index (χ0v) is 19.1. The second kappa shape index (κ2) is 5.46. The Labute approximate surface area is 141 Å². The molecule has 1 heterocycles. The molecule has 0 aromatic heterocycles. The maximum atomic E-state index is 2.92. The molecule has 0 N–H and O–H groups in total. The van der Waals surface area contributed by atoms with Gasteiger partial charge in [0, 0.05) is 16.4 Å². The minimum atomic E-state index is -1.40. The molecule has 2 atom stereocenters. The minimum Gasteiger partial charge on any atom is -0.393 e. The molecule has 1 unspecified atom stereocenters. The Bertz CT molecular complexity index is 564. The number of anilines is 1. The van der Waals surface area contributed by atoms with Gasteiger partial charge in [-0.25, -0.2) is 0 Å². The Kier molecular flexibility index (Phi) is 4.52. The van der Waals surface area contributed by atoms with Gasteiger partial charge in [-0.15, -0.1) is 0 Å². The van der Waals surface area contributed by atoms with Crippen molar-refractivity contribution in [1.82, 2.24) is 0 Å². The molecule has 1 aromatic carbocycles. The predicted molar refractivity (Wildman–Crippen MR) is 110 cm³/mol. The quantitative estimate of drug-likeness (QED) is 0.484. The summed E-state index contributed by atoms with van der Waals surface area (Å²) in [5.41, 5.74) is 2.99. The van der Waals surface area contributed by atoms with Crippen molar-refractivity contribution in [1.29, 1.82) is 0 Å². The van der Waals surface area contributed by atoms with Crippen LogP contribution >= 0.6 is 7.92 Å². The first-order valence-electron chi connectivity index (χ1n) is 8.44. The fourth-order valence-electron chi connectivity index (χ4n) is 3.64. The lowest BCUT2D eigenvalue weighted by Gasteiger charge is -2.48. The Morgan fingerprint density at radius 3 is 1.95 bits per heavy atom. The van der Waals surface area contributed by atoms with Crippen LogP contribution in [0.1, 0.15) is 26.3 Å². The van der Waals surface area contributed by atoms with E-state index >= 15 is 0 Å². The summed E-state index contributed by atoms with van der Waals surface area (Å²) in [6.07, 6.45) is 0. The lowest BCUT2D eigenvalue weighted by Crippen LogP contribution is -2.58. The van der Waals surface area contributed by atoms with Crippen LogP contribution in [0.2, 0.25) is 39.3 Å². The number of nitrogens with zero attached hydrogens (tertiary/aromatic N) is 1. The summed E-state index contributed by atoms with van der Waals surface area (Å²) in [6.45, 7) is 24.9. The number of rotatable bonds is 2. The first-order valence-corrected chi connectivity index (χ1v) is 16.9. The van der Waals surface area contributed by atoms with E-state index in [0.717, 1.165) is 5.41 Å². The van der Waals surface area contributed by atoms with Crippen molar-refractivity contribution in [2.45, 2.75) is 77.5 Å². The Morgan fingerprint density at radius 2 is 1.55 bits per heavy atom. The standard InChI is InChI=1S/C18H34NPSi2/c1-14-11-12-15-16(13-14)20(18(2,3)4)17(21(5,6)7)19(15)22(8,9)10/h11-13,17H,1-10H3/t17-,20?/m1/s1. The van der Waals surface area contributed by atoms with Crippen molar-refractivity contribution in [3.05, 3.63) is 23.8 Å². The van der Waals surface area contributed by atoms with Crippen molar-refractivity contribution < 1.29 is 0 Å². The van der Waals surface area contributed by atoms with E-state index in [9.17, 15) is 0 Å². The first kappa shape index (κ1) is 18.2. The molecule has 0 saturated carbocycles. The molecule has 124 valence electrons. The lowest BCUT2D eigenvalue weighted by atomic mass is 10.2. The molecule has 1 aliphatic rings. The van der Waals surface area contributed by atoms with Crippen LogP contribution in [0.5, 0.6) is 0 Å². The molecular formula is C18H34NPSi2. The van der Waals surface area contributed by atoms with Gasteiger partial charge in [0.15, 0.2) is 0 Å². The van der Waals surface area contributed by atoms with Gasteiger partial charge in [-0.1, -0.05) is 71.7 Å². The summed E-state index contributed by atoms with van der Waals surface area (Å²) in [7, 11) is -2.85. The Balaban J connectivity index is 2.75. The number of benzene rings is 1. The minimum absolute atomic E-state index is 0.151. The van der Waals surface area contributed by atoms with Gasteiger partial charge >= 0.3 is 0 Å². The van der Waals surface area contributed by atoms with Crippen molar-refractivity contribution in [3.63, 3.8) is 0 Å². The number of fused-ring (bicyclic) bond motifs is 1. The highest BCUT2D eigenvalue weighted by atomic mass is 31.1. The SMILES string of the molecule is Cc1ccc2c(c1)P(C(C)(C)C)[C@H]([Si](C)(C)C)N2[Si](C)(C)C. The molecule has 0 spiro atoms. The summed E-state index contributed by atoms with van der Waals surface area (Å²) < 4.78 is 2.92. The van der Waals surface area contributed by atoms with Crippen LogP contribution in [0.15, 0.2) is 18.2 Å². The third-order valence-corrected chi connectivity index (χ3v) is 14.7. The summed E-state index contributed by atoms with van der Waals surface area (Å²) in [6, 6.07) is 7.23. The largest absolute Gasteiger partial charge is 0.393 e. The van der Waals surface area contributed by atoms with Gasteiger partial charge in [0.2, 0.25) is 0 Å². The normalized spacial score (nSPS) is 22.9. The molecule has 2 rings (SSSR count). The Hall–Kier alpha value is -0.116. The van der Waals surface area contributed by atoms with E-state index in [1.54, 1.807) is 11.0 Å². The molecule has 0 saturated heterocycles. The van der Waals surface area contributed by atoms with E-state index in [1.165, 1.54) is 5.56 Å². The van der Waals surface area contributed by atoms with Crippen molar-refractivity contribution in [2.75, 3.05) is 4.57 Å². The Morgan fingerprint density at radius 1 is 1.00 bits per heavy atom. The highest BCUT2D eigenvalue weighted by Gasteiger charge is 2.52. The zero-order valence-electron chi connectivity index (χ0n) is 16.2. The molecule has 22 heavy (non-hydrogen) atoms. The van der Waals surface area contributed by atoms with E-state index < -0.39 is 16.3 Å². The van der Waals surface area contributed by atoms with Crippen molar-refractivity contribution >= 4 is 35.2 Å². The van der Waals surface area contributed by atoms with Crippen LogP contribution in [0.3, 0.4) is 0 Å². The molecule has 0 amide bonds. The molecule has 1 aliphatic heterocycles. The van der Waals surface area contributed by atoms with E-state index in [4.69, 9.17) is 0 Å². The van der Waals surface area contributed by atoms with E-state index in [2.05, 4.69) is 89.7 Å². The van der Waals surface area contributed by atoms with Crippen LogP contribution in [0.4, 0.5) is 5.69 Å². The van der Waals surface area contributed by atoms with Crippen LogP contribution in [0.25, 0.3) is 0 Å². The summed E-state index contributed by atoms with van der Waals surface area (Å²) in [4.78, 5) is 0. The third kappa shape index (κ3) is 3.23. The molecule has 4 heteroatoms. The topological polar surface area (TPSA) is 3.24 Å². The zero-order chi connectivity index (χ0) is 17.1. The van der Waals surface area contributed by atoms with Crippen LogP contribution < -0.4 is 9.87 Å². The number of hydrogen-bond donors (Lipinski definition) is 0. The average molecular weight is 352 g/mol. The molecule has 0 radical (unpaired) electrons. The van der Waals surface area contributed by atoms with Gasteiger partial charge in [0.05, 0.1) is 8.07 Å². The monoisotopic (exact) mass is 351 g/mol. The van der Waals surface area contributed by atoms with Gasteiger partial charge in [-0.2, -0.15) is 0 Å². The smallest absolute Gasteiger partial charge is 0.147 e. The van der Waals surface area contributed by atoms with Crippen molar-refractivity contribution in [2.24, 2.45) is 0 Å². The maximum absolute atomic E-state index is 2.92. The van der Waals surface area contributed by atoms with Crippen LogP contribution in [-0.4, -0.2) is 26.9 Å². The highest BCUT2D eigenvalue weighted by Crippen LogP contribution is 2.63. The second-order valence-electron chi connectivity index (χ2n) is 9.81. The second-order valence-corrected chi connectivity index (χ2v) is 23.5. The summed E-state index contributed by atoms with van der Waals surface area (Å²) in [5, 5.41) is 2.83. The molecule has 0 fully saturated rings. The summed E-state index contributed by atoms with van der Waals surface area (Å²) in [5.74, 6) is 0. The average Bonchev–Trinajstić information content (AvgIpc) is 2.61. The third-order valence-electron chi connectivity index (χ3n) is 4.36. The van der Waals surface area contributed by atoms with Crippen LogP contribution in [-0.2, 0) is 0 Å². The van der Waals surface area contributed by atoms with Crippen LogP contribution in [0, 0.1) is 6.92 Å². The fraction of sp³-hybridized carbons (Fsp3) is 0.667. The van der Waals surface area contributed by atoms with Gasteiger partial charge in [0.1, 0.15) is 8.24 Å². The predicted octanol–water partition coefficient (Wildman–Crippen LogP) is 5.76. The molecular weight excluding hydrogens is 317 g/mol. The van der Waals surface area contributed by atoms with Gasteiger partial charge in [-0.05, 0) is 32.1 Å². The molecule has 1 nitrogen and oxygen atoms in total. The molecule has 0 aliphatic carbocycles. The van der Waals surface area contributed by atoms with Gasteiger partial charge in [0.25, 0.3) is 0 Å². The fourth-order valence-corrected chi connectivity index (χ4v) is 17.5.